The lowest BCUT2D eigenvalue weighted by atomic mass is 9.76. The monoisotopic (exact) mass is 227 g/mol. The second-order valence-electron chi connectivity index (χ2n) is 4.82. The molecule has 0 aromatic carbocycles. The van der Waals surface area contributed by atoms with Crippen LogP contribution in [0.25, 0.3) is 0 Å². The van der Waals surface area contributed by atoms with E-state index in [0.717, 1.165) is 12.3 Å². The maximum absolute atomic E-state index is 5.38. The normalized spacial score (nSPS) is 29.5. The summed E-state index contributed by atoms with van der Waals surface area (Å²) in [4.78, 5) is 0. The molecule has 0 spiro atoms. The van der Waals surface area contributed by atoms with Crippen molar-refractivity contribution in [1.29, 1.82) is 0 Å². The van der Waals surface area contributed by atoms with Crippen molar-refractivity contribution in [2.75, 3.05) is 0 Å². The Morgan fingerprint density at radius 2 is 2.20 bits per heavy atom. The average molecular weight is 227 g/mol. The van der Waals surface area contributed by atoms with Gasteiger partial charge in [0.25, 0.3) is 0 Å². The zero-order valence-electron chi connectivity index (χ0n) is 9.79. The van der Waals surface area contributed by atoms with Gasteiger partial charge in [-0.25, -0.2) is 0 Å². The van der Waals surface area contributed by atoms with Gasteiger partial charge in [0.15, 0.2) is 5.11 Å². The minimum atomic E-state index is 0.253. The van der Waals surface area contributed by atoms with Crippen molar-refractivity contribution in [3.05, 3.63) is 0 Å². The largest absolute Gasteiger partial charge is 0.375 e. The molecule has 2 atom stereocenters. The van der Waals surface area contributed by atoms with Crippen LogP contribution in [0.5, 0.6) is 0 Å². The summed E-state index contributed by atoms with van der Waals surface area (Å²) in [5.74, 6) is 1.96. The van der Waals surface area contributed by atoms with Crippen LogP contribution < -0.4 is 11.2 Å². The average Bonchev–Trinajstić information content (AvgIpc) is 2.14. The molecule has 1 aliphatic carbocycles. The predicted octanol–water partition coefficient (Wildman–Crippen LogP) is 2.27. The Bertz CT molecular complexity index is 261. The van der Waals surface area contributed by atoms with Gasteiger partial charge in [-0.3, -0.25) is 5.43 Å². The van der Waals surface area contributed by atoms with E-state index in [1.165, 1.54) is 18.6 Å². The molecule has 1 rings (SSSR count). The quantitative estimate of drug-likeness (QED) is 0.562. The summed E-state index contributed by atoms with van der Waals surface area (Å²) in [6, 6.07) is 0. The third-order valence-corrected chi connectivity index (χ3v) is 3.16. The fraction of sp³-hybridized carbons (Fsp3) is 0.818. The number of hydrazone groups is 1. The topological polar surface area (TPSA) is 50.4 Å². The molecule has 3 nitrogen and oxygen atoms in total. The van der Waals surface area contributed by atoms with Gasteiger partial charge in [-0.05, 0) is 43.3 Å². The number of rotatable bonds is 2. The maximum Gasteiger partial charge on any atom is 0.184 e. The molecular weight excluding hydrogens is 206 g/mol. The van der Waals surface area contributed by atoms with Crippen molar-refractivity contribution >= 4 is 23.0 Å². The zero-order valence-corrected chi connectivity index (χ0v) is 10.6. The van der Waals surface area contributed by atoms with Crippen LogP contribution in [0.2, 0.25) is 0 Å². The van der Waals surface area contributed by atoms with Gasteiger partial charge in [0.1, 0.15) is 0 Å². The summed E-state index contributed by atoms with van der Waals surface area (Å²) in [5, 5.41) is 4.59. The smallest absolute Gasteiger partial charge is 0.184 e. The number of thiocarbonyl (C=S) groups is 1. The first-order chi connectivity index (χ1) is 7.00. The lowest BCUT2D eigenvalue weighted by Crippen LogP contribution is -2.32. The molecule has 0 aromatic rings. The number of hydrogen-bond acceptors (Lipinski definition) is 2. The minimum absolute atomic E-state index is 0.253. The highest BCUT2D eigenvalue weighted by Crippen LogP contribution is 2.30. The fourth-order valence-electron chi connectivity index (χ4n) is 2.21. The van der Waals surface area contributed by atoms with E-state index in [0.29, 0.717) is 11.8 Å². The first-order valence-corrected chi connectivity index (χ1v) is 6.03. The molecule has 0 saturated heterocycles. The Morgan fingerprint density at radius 3 is 2.73 bits per heavy atom. The molecule has 0 radical (unpaired) electrons. The molecule has 4 heteroatoms. The van der Waals surface area contributed by atoms with Crippen LogP contribution in [0.3, 0.4) is 0 Å². The maximum atomic E-state index is 5.38. The second-order valence-corrected chi connectivity index (χ2v) is 5.26. The van der Waals surface area contributed by atoms with Crippen LogP contribution in [0.4, 0.5) is 0 Å². The van der Waals surface area contributed by atoms with Crippen molar-refractivity contribution in [2.45, 2.75) is 40.0 Å². The van der Waals surface area contributed by atoms with Gasteiger partial charge in [0, 0.05) is 11.6 Å². The summed E-state index contributed by atoms with van der Waals surface area (Å²) in [6.45, 7) is 6.76. The SMILES string of the molecule is CC1CCC(C(C)C)/C(=N/NC(N)=S)C1. The Labute approximate surface area is 97.5 Å². The lowest BCUT2D eigenvalue weighted by molar-refractivity contribution is 0.363. The van der Waals surface area contributed by atoms with E-state index < -0.39 is 0 Å². The van der Waals surface area contributed by atoms with Gasteiger partial charge in [0.05, 0.1) is 0 Å². The molecule has 86 valence electrons. The van der Waals surface area contributed by atoms with Gasteiger partial charge in [-0.2, -0.15) is 5.10 Å². The van der Waals surface area contributed by atoms with Crippen molar-refractivity contribution < 1.29 is 0 Å². The highest BCUT2D eigenvalue weighted by Gasteiger charge is 2.26. The molecule has 0 amide bonds. The number of nitrogens with one attached hydrogen (secondary N) is 1. The van der Waals surface area contributed by atoms with E-state index in [-0.39, 0.29) is 5.11 Å². The molecule has 0 aliphatic heterocycles. The first-order valence-electron chi connectivity index (χ1n) is 5.62. The third kappa shape index (κ3) is 3.78. The molecule has 1 aliphatic rings. The van der Waals surface area contributed by atoms with E-state index >= 15 is 0 Å². The summed E-state index contributed by atoms with van der Waals surface area (Å²) in [5.41, 5.74) is 9.33. The summed E-state index contributed by atoms with van der Waals surface area (Å²) < 4.78 is 0. The van der Waals surface area contributed by atoms with Crippen molar-refractivity contribution in [3.63, 3.8) is 0 Å². The van der Waals surface area contributed by atoms with Crippen molar-refractivity contribution in [2.24, 2.45) is 28.6 Å². The zero-order chi connectivity index (χ0) is 11.4. The van der Waals surface area contributed by atoms with Crippen LogP contribution in [-0.4, -0.2) is 10.8 Å². The van der Waals surface area contributed by atoms with E-state index in [1.54, 1.807) is 0 Å². The summed E-state index contributed by atoms with van der Waals surface area (Å²) in [6.07, 6.45) is 3.60. The predicted molar refractivity (Wildman–Crippen MR) is 68.7 cm³/mol. The third-order valence-electron chi connectivity index (χ3n) is 3.07. The highest BCUT2D eigenvalue weighted by atomic mass is 32.1. The summed E-state index contributed by atoms with van der Waals surface area (Å²) in [7, 11) is 0. The van der Waals surface area contributed by atoms with Gasteiger partial charge in [-0.15, -0.1) is 0 Å². The molecule has 2 unspecified atom stereocenters. The van der Waals surface area contributed by atoms with Crippen LogP contribution in [0, 0.1) is 17.8 Å². The molecule has 0 bridgehead atoms. The molecule has 0 aromatic heterocycles. The number of nitrogens with two attached hydrogens (primary N) is 1. The van der Waals surface area contributed by atoms with Crippen molar-refractivity contribution in [3.8, 4) is 0 Å². The van der Waals surface area contributed by atoms with Crippen molar-refractivity contribution in [1.82, 2.24) is 5.43 Å². The minimum Gasteiger partial charge on any atom is -0.375 e. The molecule has 3 N–H and O–H groups in total. The molecular formula is C11H21N3S. The van der Waals surface area contributed by atoms with E-state index in [4.69, 9.17) is 18.0 Å². The van der Waals surface area contributed by atoms with E-state index in [9.17, 15) is 0 Å². The molecule has 1 fully saturated rings. The van der Waals surface area contributed by atoms with E-state index in [1.807, 2.05) is 0 Å². The Morgan fingerprint density at radius 1 is 1.53 bits per heavy atom. The van der Waals surface area contributed by atoms with Crippen LogP contribution in [0.1, 0.15) is 40.0 Å². The Hall–Kier alpha value is -0.640. The molecule has 1 saturated carbocycles. The van der Waals surface area contributed by atoms with Crippen LogP contribution in [0.15, 0.2) is 5.10 Å². The first kappa shape index (κ1) is 12.4. The van der Waals surface area contributed by atoms with E-state index in [2.05, 4.69) is 31.3 Å². The fourth-order valence-corrected chi connectivity index (χ4v) is 2.26. The number of hydrogen-bond donors (Lipinski definition) is 2. The van der Waals surface area contributed by atoms with Crippen LogP contribution >= 0.6 is 12.2 Å². The van der Waals surface area contributed by atoms with Gasteiger partial charge in [-0.1, -0.05) is 20.8 Å². The second kappa shape index (κ2) is 5.45. The highest BCUT2D eigenvalue weighted by molar-refractivity contribution is 7.80. The Kier molecular flexibility index (Phi) is 4.51. The molecule has 15 heavy (non-hydrogen) atoms. The van der Waals surface area contributed by atoms with Gasteiger partial charge < -0.3 is 5.73 Å². The molecule has 0 heterocycles. The standard InChI is InChI=1S/C11H21N3S/c1-7(2)9-5-4-8(3)6-10(9)13-14-11(12)15/h7-9H,4-6H2,1-3H3,(H3,12,14,15)/b13-10+. The van der Waals surface area contributed by atoms with Gasteiger partial charge >= 0.3 is 0 Å². The lowest BCUT2D eigenvalue weighted by Gasteiger charge is -2.30. The van der Waals surface area contributed by atoms with Crippen LogP contribution in [-0.2, 0) is 0 Å². The van der Waals surface area contributed by atoms with Gasteiger partial charge in [0.2, 0.25) is 0 Å². The number of nitrogens with zero attached hydrogens (tertiary/aromatic N) is 1. The summed E-state index contributed by atoms with van der Waals surface area (Å²) >= 11 is 4.76. The Balaban J connectivity index is 2.69.